The largest absolute Gasteiger partial charge is 0.492 e. The Morgan fingerprint density at radius 3 is 2.72 bits per heavy atom. The van der Waals surface area contributed by atoms with Crippen LogP contribution in [0.1, 0.15) is 13.8 Å². The highest BCUT2D eigenvalue weighted by molar-refractivity contribution is 9.10. The predicted octanol–water partition coefficient (Wildman–Crippen LogP) is 3.09. The van der Waals surface area contributed by atoms with Gasteiger partial charge in [-0.2, -0.15) is 0 Å². The fraction of sp³-hybridized carbons (Fsp3) is 0.571. The quantitative estimate of drug-likeness (QED) is 0.710. The highest BCUT2D eigenvalue weighted by atomic mass is 79.9. The summed E-state index contributed by atoms with van der Waals surface area (Å²) in [6.45, 7) is 8.26. The number of hydrogen-bond acceptors (Lipinski definition) is 3. The number of rotatable bonds is 9. The molecular weight excluding hydrogens is 294 g/mol. The standard InChI is InChI=1S/C14H22BrNO2/c1-12(2)11-17-8-6-16-7-9-18-14-5-3-4-13(15)10-14/h3-5,10,12,16H,6-9,11H2,1-2H3. The zero-order valence-electron chi connectivity index (χ0n) is 11.1. The van der Waals surface area contributed by atoms with Crippen LogP contribution in [0.15, 0.2) is 28.7 Å². The molecule has 0 spiro atoms. The van der Waals surface area contributed by atoms with E-state index in [0.717, 1.165) is 36.5 Å². The molecule has 0 fully saturated rings. The Morgan fingerprint density at radius 2 is 2.00 bits per heavy atom. The van der Waals surface area contributed by atoms with Crippen LogP contribution in [-0.4, -0.2) is 32.9 Å². The van der Waals surface area contributed by atoms with Gasteiger partial charge in [0.05, 0.1) is 6.61 Å². The first-order chi connectivity index (χ1) is 8.68. The summed E-state index contributed by atoms with van der Waals surface area (Å²) in [6, 6.07) is 7.87. The van der Waals surface area contributed by atoms with Crippen molar-refractivity contribution < 1.29 is 9.47 Å². The average Bonchev–Trinajstić information content (AvgIpc) is 2.32. The lowest BCUT2D eigenvalue weighted by Gasteiger charge is -2.09. The molecule has 0 aromatic heterocycles. The van der Waals surface area contributed by atoms with Gasteiger partial charge in [0.1, 0.15) is 12.4 Å². The van der Waals surface area contributed by atoms with Crippen LogP contribution in [-0.2, 0) is 4.74 Å². The normalized spacial score (nSPS) is 10.9. The summed E-state index contributed by atoms with van der Waals surface area (Å²) in [6.07, 6.45) is 0. The minimum atomic E-state index is 0.602. The molecule has 0 heterocycles. The van der Waals surface area contributed by atoms with Crippen molar-refractivity contribution in [1.82, 2.24) is 5.32 Å². The first-order valence-corrected chi connectivity index (χ1v) is 7.14. The molecule has 0 bridgehead atoms. The molecule has 0 saturated heterocycles. The zero-order valence-corrected chi connectivity index (χ0v) is 12.7. The van der Waals surface area contributed by atoms with Gasteiger partial charge in [0, 0.05) is 24.2 Å². The summed E-state index contributed by atoms with van der Waals surface area (Å²) < 4.78 is 12.1. The highest BCUT2D eigenvalue weighted by Gasteiger charge is 1.95. The Bertz CT molecular complexity index is 331. The lowest BCUT2D eigenvalue weighted by molar-refractivity contribution is 0.111. The highest BCUT2D eigenvalue weighted by Crippen LogP contribution is 2.17. The van der Waals surface area contributed by atoms with E-state index in [-0.39, 0.29) is 0 Å². The Labute approximate surface area is 118 Å². The van der Waals surface area contributed by atoms with Crippen molar-refractivity contribution in [2.45, 2.75) is 13.8 Å². The molecule has 1 aromatic carbocycles. The third-order valence-corrected chi connectivity index (χ3v) is 2.71. The molecule has 0 radical (unpaired) electrons. The van der Waals surface area contributed by atoms with Crippen molar-refractivity contribution in [2.75, 3.05) is 32.9 Å². The summed E-state index contributed by atoms with van der Waals surface area (Å²) in [5.74, 6) is 1.49. The molecule has 0 aliphatic carbocycles. The minimum Gasteiger partial charge on any atom is -0.492 e. The van der Waals surface area contributed by atoms with E-state index in [4.69, 9.17) is 9.47 Å². The number of halogens is 1. The van der Waals surface area contributed by atoms with E-state index in [1.807, 2.05) is 24.3 Å². The van der Waals surface area contributed by atoms with Crippen molar-refractivity contribution in [2.24, 2.45) is 5.92 Å². The Balaban J connectivity index is 1.96. The van der Waals surface area contributed by atoms with Crippen molar-refractivity contribution >= 4 is 15.9 Å². The fourth-order valence-electron chi connectivity index (χ4n) is 1.39. The second-order valence-corrected chi connectivity index (χ2v) is 5.44. The van der Waals surface area contributed by atoms with Crippen molar-refractivity contribution in [3.63, 3.8) is 0 Å². The molecule has 0 amide bonds. The Morgan fingerprint density at radius 1 is 1.22 bits per heavy atom. The van der Waals surface area contributed by atoms with Gasteiger partial charge in [-0.25, -0.2) is 0 Å². The molecule has 0 atom stereocenters. The molecule has 18 heavy (non-hydrogen) atoms. The monoisotopic (exact) mass is 315 g/mol. The summed E-state index contributed by atoms with van der Waals surface area (Å²) in [7, 11) is 0. The van der Waals surface area contributed by atoms with Crippen LogP contribution in [0.3, 0.4) is 0 Å². The molecule has 0 unspecified atom stereocenters. The number of benzene rings is 1. The van der Waals surface area contributed by atoms with E-state index in [1.54, 1.807) is 0 Å². The maximum absolute atomic E-state index is 5.60. The third-order valence-electron chi connectivity index (χ3n) is 2.22. The number of nitrogens with one attached hydrogen (secondary N) is 1. The van der Waals surface area contributed by atoms with Gasteiger partial charge in [-0.3, -0.25) is 0 Å². The van der Waals surface area contributed by atoms with E-state index < -0.39 is 0 Å². The third kappa shape index (κ3) is 7.69. The summed E-state index contributed by atoms with van der Waals surface area (Å²) >= 11 is 3.41. The van der Waals surface area contributed by atoms with Crippen LogP contribution in [0.5, 0.6) is 5.75 Å². The molecule has 1 aromatic rings. The maximum Gasteiger partial charge on any atom is 0.120 e. The lowest BCUT2D eigenvalue weighted by atomic mass is 10.2. The Kier molecular flexibility index (Phi) is 8.05. The van der Waals surface area contributed by atoms with Crippen LogP contribution in [0, 0.1) is 5.92 Å². The second-order valence-electron chi connectivity index (χ2n) is 4.52. The Hall–Kier alpha value is -0.580. The topological polar surface area (TPSA) is 30.5 Å². The van der Waals surface area contributed by atoms with E-state index in [2.05, 4.69) is 35.1 Å². The molecule has 102 valence electrons. The SMILES string of the molecule is CC(C)COCCNCCOc1cccc(Br)c1. The summed E-state index contributed by atoms with van der Waals surface area (Å²) in [4.78, 5) is 0. The first-order valence-electron chi connectivity index (χ1n) is 6.35. The van der Waals surface area contributed by atoms with Gasteiger partial charge in [-0.1, -0.05) is 35.8 Å². The molecule has 0 aliphatic heterocycles. The van der Waals surface area contributed by atoms with Crippen LogP contribution < -0.4 is 10.1 Å². The van der Waals surface area contributed by atoms with E-state index in [1.165, 1.54) is 0 Å². The molecule has 1 N–H and O–H groups in total. The smallest absolute Gasteiger partial charge is 0.120 e. The van der Waals surface area contributed by atoms with Crippen LogP contribution >= 0.6 is 15.9 Å². The average molecular weight is 316 g/mol. The summed E-state index contributed by atoms with van der Waals surface area (Å²) in [5.41, 5.74) is 0. The van der Waals surface area contributed by atoms with Crippen LogP contribution in [0.2, 0.25) is 0 Å². The van der Waals surface area contributed by atoms with Crippen LogP contribution in [0.25, 0.3) is 0 Å². The van der Waals surface area contributed by atoms with Gasteiger partial charge in [-0.05, 0) is 24.1 Å². The van der Waals surface area contributed by atoms with E-state index in [9.17, 15) is 0 Å². The van der Waals surface area contributed by atoms with Gasteiger partial charge >= 0.3 is 0 Å². The minimum absolute atomic E-state index is 0.602. The second kappa shape index (κ2) is 9.36. The number of hydrogen-bond donors (Lipinski definition) is 1. The zero-order chi connectivity index (χ0) is 13.2. The van der Waals surface area contributed by atoms with Crippen molar-refractivity contribution in [3.05, 3.63) is 28.7 Å². The van der Waals surface area contributed by atoms with Crippen LogP contribution in [0.4, 0.5) is 0 Å². The van der Waals surface area contributed by atoms with Crippen molar-refractivity contribution in [1.29, 1.82) is 0 Å². The van der Waals surface area contributed by atoms with Gasteiger partial charge in [0.2, 0.25) is 0 Å². The van der Waals surface area contributed by atoms with Gasteiger partial charge in [0.25, 0.3) is 0 Å². The maximum atomic E-state index is 5.60. The lowest BCUT2D eigenvalue weighted by Crippen LogP contribution is -2.25. The molecular formula is C14H22BrNO2. The van der Waals surface area contributed by atoms with E-state index >= 15 is 0 Å². The molecule has 0 aliphatic rings. The fourth-order valence-corrected chi connectivity index (χ4v) is 1.76. The van der Waals surface area contributed by atoms with Crippen molar-refractivity contribution in [3.8, 4) is 5.75 Å². The van der Waals surface area contributed by atoms with Gasteiger partial charge in [-0.15, -0.1) is 0 Å². The van der Waals surface area contributed by atoms with E-state index in [0.29, 0.717) is 12.5 Å². The van der Waals surface area contributed by atoms with Gasteiger partial charge in [0.15, 0.2) is 0 Å². The molecule has 4 heteroatoms. The molecule has 3 nitrogen and oxygen atoms in total. The first kappa shape index (κ1) is 15.5. The van der Waals surface area contributed by atoms with Gasteiger partial charge < -0.3 is 14.8 Å². The molecule has 1 rings (SSSR count). The number of ether oxygens (including phenoxy) is 2. The summed E-state index contributed by atoms with van der Waals surface area (Å²) in [5, 5.41) is 3.28. The predicted molar refractivity (Wildman–Crippen MR) is 78.2 cm³/mol. The molecule has 0 saturated carbocycles.